The van der Waals surface area contributed by atoms with E-state index < -0.39 is 6.23 Å². The molecule has 8 nitrogen and oxygen atoms in total. The van der Waals surface area contributed by atoms with Crippen LogP contribution in [-0.4, -0.2) is 64.2 Å². The standard InChI is InChI=1S/C20H41N3O5/c1-2-3-4-5-6-7-8-9-10-11-13-28-20(22-23-21)19-27-18-17-26-16-15-25-14-12-24/h20,24H,2-19H2,1H3. The number of azide groups is 1. The number of rotatable bonds is 23. The first-order chi connectivity index (χ1) is 13.8. The van der Waals surface area contributed by atoms with Crippen LogP contribution in [0.5, 0.6) is 0 Å². The van der Waals surface area contributed by atoms with Gasteiger partial charge in [0, 0.05) is 11.5 Å². The monoisotopic (exact) mass is 403 g/mol. The van der Waals surface area contributed by atoms with E-state index >= 15 is 0 Å². The first-order valence-electron chi connectivity index (χ1n) is 10.8. The minimum Gasteiger partial charge on any atom is -0.394 e. The zero-order valence-corrected chi connectivity index (χ0v) is 17.7. The van der Waals surface area contributed by atoms with E-state index in [1.54, 1.807) is 0 Å². The van der Waals surface area contributed by atoms with Crippen LogP contribution < -0.4 is 0 Å². The van der Waals surface area contributed by atoms with Crippen molar-refractivity contribution in [2.45, 2.75) is 77.4 Å². The van der Waals surface area contributed by atoms with E-state index in [2.05, 4.69) is 16.9 Å². The van der Waals surface area contributed by atoms with Crippen molar-refractivity contribution in [1.29, 1.82) is 0 Å². The number of aliphatic hydroxyl groups is 1. The molecule has 0 aliphatic rings. The largest absolute Gasteiger partial charge is 0.394 e. The first kappa shape index (κ1) is 27.1. The van der Waals surface area contributed by atoms with E-state index in [0.717, 1.165) is 12.8 Å². The van der Waals surface area contributed by atoms with E-state index in [9.17, 15) is 0 Å². The second-order valence-electron chi connectivity index (χ2n) is 6.74. The highest BCUT2D eigenvalue weighted by Crippen LogP contribution is 2.10. The third kappa shape index (κ3) is 21.4. The van der Waals surface area contributed by atoms with Gasteiger partial charge >= 0.3 is 0 Å². The van der Waals surface area contributed by atoms with Crippen LogP contribution in [0.2, 0.25) is 0 Å². The molecule has 0 bridgehead atoms. The van der Waals surface area contributed by atoms with E-state index in [1.165, 1.54) is 51.4 Å². The molecule has 1 N–H and O–H groups in total. The van der Waals surface area contributed by atoms with Gasteiger partial charge < -0.3 is 24.1 Å². The molecule has 0 aromatic carbocycles. The van der Waals surface area contributed by atoms with Crippen LogP contribution in [0.1, 0.15) is 71.1 Å². The van der Waals surface area contributed by atoms with Gasteiger partial charge in [-0.1, -0.05) is 69.8 Å². The summed E-state index contributed by atoms with van der Waals surface area (Å²) in [6.07, 6.45) is 12.1. The number of nitrogens with zero attached hydrogens (tertiary/aromatic N) is 3. The minimum absolute atomic E-state index is 0.0169. The van der Waals surface area contributed by atoms with Crippen molar-refractivity contribution in [2.75, 3.05) is 52.9 Å². The zero-order chi connectivity index (χ0) is 20.5. The van der Waals surface area contributed by atoms with Crippen molar-refractivity contribution >= 4 is 0 Å². The maximum absolute atomic E-state index is 8.62. The van der Waals surface area contributed by atoms with Gasteiger partial charge in [-0.25, -0.2) is 0 Å². The van der Waals surface area contributed by atoms with Gasteiger partial charge in [0.15, 0.2) is 6.23 Å². The Hall–Kier alpha value is -0.890. The second kappa shape index (κ2) is 24.1. The van der Waals surface area contributed by atoms with E-state index in [4.69, 9.17) is 29.6 Å². The quantitative estimate of drug-likeness (QED) is 0.116. The molecule has 0 spiro atoms. The van der Waals surface area contributed by atoms with Gasteiger partial charge in [-0.15, -0.1) is 0 Å². The van der Waals surface area contributed by atoms with Gasteiger partial charge in [-0.3, -0.25) is 0 Å². The van der Waals surface area contributed by atoms with Crippen molar-refractivity contribution in [2.24, 2.45) is 5.11 Å². The normalized spacial score (nSPS) is 12.1. The Morgan fingerprint density at radius 1 is 0.750 bits per heavy atom. The molecule has 0 radical (unpaired) electrons. The topological polar surface area (TPSA) is 106 Å². The molecular weight excluding hydrogens is 362 g/mol. The number of unbranched alkanes of at least 4 members (excludes halogenated alkanes) is 9. The molecule has 8 heteroatoms. The molecule has 1 atom stereocenters. The van der Waals surface area contributed by atoms with E-state index in [0.29, 0.717) is 39.6 Å². The minimum atomic E-state index is -0.587. The third-order valence-corrected chi connectivity index (χ3v) is 4.23. The Bertz CT molecular complexity index is 355. The number of aliphatic hydroxyl groups excluding tert-OH is 1. The predicted molar refractivity (Wildman–Crippen MR) is 110 cm³/mol. The van der Waals surface area contributed by atoms with Crippen LogP contribution in [0.15, 0.2) is 5.11 Å². The molecule has 0 aromatic rings. The Morgan fingerprint density at radius 3 is 1.86 bits per heavy atom. The molecule has 0 fully saturated rings. The van der Waals surface area contributed by atoms with Crippen molar-refractivity contribution in [3.05, 3.63) is 10.4 Å². The van der Waals surface area contributed by atoms with Crippen LogP contribution in [0.25, 0.3) is 10.4 Å². The van der Waals surface area contributed by atoms with E-state index in [-0.39, 0.29) is 13.2 Å². The van der Waals surface area contributed by atoms with E-state index in [1.807, 2.05) is 0 Å². The average Bonchev–Trinajstić information content (AvgIpc) is 2.70. The molecule has 0 saturated heterocycles. The molecule has 0 aromatic heterocycles. The highest BCUT2D eigenvalue weighted by Gasteiger charge is 2.06. The van der Waals surface area contributed by atoms with Crippen LogP contribution >= 0.6 is 0 Å². The fourth-order valence-electron chi connectivity index (χ4n) is 2.67. The SMILES string of the molecule is CCCCCCCCCCCCOC(COCCOCCOCCO)N=[N+]=[N-]. The molecule has 1 unspecified atom stereocenters. The lowest BCUT2D eigenvalue weighted by Gasteiger charge is -2.13. The summed E-state index contributed by atoms with van der Waals surface area (Å²) in [4.78, 5) is 2.81. The van der Waals surface area contributed by atoms with Gasteiger partial charge in [0.1, 0.15) is 0 Å². The van der Waals surface area contributed by atoms with Crippen molar-refractivity contribution in [3.63, 3.8) is 0 Å². The van der Waals surface area contributed by atoms with Crippen LogP contribution in [0.4, 0.5) is 0 Å². The Morgan fingerprint density at radius 2 is 1.29 bits per heavy atom. The van der Waals surface area contributed by atoms with Crippen molar-refractivity contribution < 1.29 is 24.1 Å². The Balaban J connectivity index is 3.44. The number of hydrogen-bond donors (Lipinski definition) is 1. The molecule has 166 valence electrons. The Labute approximate surface area is 170 Å². The van der Waals surface area contributed by atoms with Crippen LogP contribution in [0, 0.1) is 0 Å². The summed E-state index contributed by atoms with van der Waals surface area (Å²) in [5.41, 5.74) is 8.62. The van der Waals surface area contributed by atoms with Gasteiger partial charge in [-0.2, -0.15) is 0 Å². The van der Waals surface area contributed by atoms with Gasteiger partial charge in [0.2, 0.25) is 0 Å². The molecule has 0 amide bonds. The summed E-state index contributed by atoms with van der Waals surface area (Å²) in [7, 11) is 0. The summed E-state index contributed by atoms with van der Waals surface area (Å²) in [6.45, 7) is 5.14. The lowest BCUT2D eigenvalue weighted by molar-refractivity contribution is -0.0352. The highest BCUT2D eigenvalue weighted by molar-refractivity contribution is 4.56. The summed E-state index contributed by atoms with van der Waals surface area (Å²) < 4.78 is 21.4. The first-order valence-corrected chi connectivity index (χ1v) is 10.8. The van der Waals surface area contributed by atoms with Gasteiger partial charge in [-0.05, 0) is 12.0 Å². The molecule has 0 aliphatic carbocycles. The third-order valence-electron chi connectivity index (χ3n) is 4.23. The number of ether oxygens (including phenoxy) is 4. The maximum Gasteiger partial charge on any atom is 0.159 e. The molecule has 0 rings (SSSR count). The fraction of sp³-hybridized carbons (Fsp3) is 1.00. The maximum atomic E-state index is 8.62. The Kier molecular flexibility index (Phi) is 23.4. The lowest BCUT2D eigenvalue weighted by Crippen LogP contribution is -2.19. The second-order valence-corrected chi connectivity index (χ2v) is 6.74. The summed E-state index contributed by atoms with van der Waals surface area (Å²) in [5.74, 6) is 0. The summed E-state index contributed by atoms with van der Waals surface area (Å²) >= 11 is 0. The summed E-state index contributed by atoms with van der Waals surface area (Å²) in [6, 6.07) is 0. The molecular formula is C20H41N3O5. The van der Waals surface area contributed by atoms with Crippen molar-refractivity contribution in [1.82, 2.24) is 0 Å². The average molecular weight is 404 g/mol. The van der Waals surface area contributed by atoms with Gasteiger partial charge in [0.05, 0.1) is 46.2 Å². The molecule has 28 heavy (non-hydrogen) atoms. The molecule has 0 saturated carbocycles. The lowest BCUT2D eigenvalue weighted by atomic mass is 10.1. The van der Waals surface area contributed by atoms with Gasteiger partial charge in [0.25, 0.3) is 0 Å². The highest BCUT2D eigenvalue weighted by atomic mass is 16.6. The number of hydrogen-bond acceptors (Lipinski definition) is 6. The smallest absolute Gasteiger partial charge is 0.159 e. The molecule has 0 aliphatic heterocycles. The van der Waals surface area contributed by atoms with Crippen molar-refractivity contribution in [3.8, 4) is 0 Å². The van der Waals surface area contributed by atoms with Crippen LogP contribution in [-0.2, 0) is 18.9 Å². The van der Waals surface area contributed by atoms with Crippen LogP contribution in [0.3, 0.4) is 0 Å². The molecule has 0 heterocycles. The predicted octanol–water partition coefficient (Wildman–Crippen LogP) is 4.60. The zero-order valence-electron chi connectivity index (χ0n) is 17.7. The fourth-order valence-corrected chi connectivity index (χ4v) is 2.67. The summed E-state index contributed by atoms with van der Waals surface area (Å²) in [5, 5.41) is 12.2.